The Morgan fingerprint density at radius 3 is 3.07 bits per heavy atom. The molecule has 1 rings (SSSR count). The lowest BCUT2D eigenvalue weighted by Gasteiger charge is -2.04. The number of nitrogens with one attached hydrogen (secondary N) is 1. The van der Waals surface area contributed by atoms with Crippen molar-refractivity contribution in [3.05, 3.63) is 16.1 Å². The summed E-state index contributed by atoms with van der Waals surface area (Å²) < 4.78 is 0. The third kappa shape index (κ3) is 5.51. The van der Waals surface area contributed by atoms with Gasteiger partial charge in [0, 0.05) is 36.0 Å². The van der Waals surface area contributed by atoms with Gasteiger partial charge in [-0.15, -0.1) is 11.3 Å². The number of rotatable bonds is 7. The summed E-state index contributed by atoms with van der Waals surface area (Å²) in [6.45, 7) is 5.91. The van der Waals surface area contributed by atoms with Crippen LogP contribution in [0.15, 0.2) is 5.38 Å². The lowest BCUT2D eigenvalue weighted by Crippen LogP contribution is -2.21. The Morgan fingerprint density at radius 2 is 2.40 bits per heavy atom. The largest absolute Gasteiger partial charge is 0.330 e. The molecule has 15 heavy (non-hydrogen) atoms. The van der Waals surface area contributed by atoms with Gasteiger partial charge in [0.2, 0.25) is 0 Å². The summed E-state index contributed by atoms with van der Waals surface area (Å²) in [6, 6.07) is 0.518. The Bertz CT molecular complexity index is 273. The standard InChI is InChI=1S/C10H19N3S2/c1-8(2)12-5-10-13-9(7-15-10)6-14-4-3-11/h7-8,12H,3-6,11H2,1-2H3. The van der Waals surface area contributed by atoms with E-state index >= 15 is 0 Å². The molecule has 0 saturated carbocycles. The van der Waals surface area contributed by atoms with Crippen LogP contribution in [0, 0.1) is 0 Å². The molecule has 1 aromatic rings. The second-order valence-electron chi connectivity index (χ2n) is 3.61. The normalized spacial score (nSPS) is 11.2. The highest BCUT2D eigenvalue weighted by molar-refractivity contribution is 7.98. The first kappa shape index (κ1) is 13.0. The second-order valence-corrected chi connectivity index (χ2v) is 5.66. The SMILES string of the molecule is CC(C)NCc1nc(CSCCN)cs1. The van der Waals surface area contributed by atoms with E-state index < -0.39 is 0 Å². The number of aromatic nitrogens is 1. The summed E-state index contributed by atoms with van der Waals surface area (Å²) in [4.78, 5) is 4.55. The van der Waals surface area contributed by atoms with Crippen molar-refractivity contribution in [2.45, 2.75) is 32.2 Å². The van der Waals surface area contributed by atoms with Gasteiger partial charge < -0.3 is 11.1 Å². The Hall–Kier alpha value is -0.100. The fraction of sp³-hybridized carbons (Fsp3) is 0.700. The highest BCUT2D eigenvalue weighted by Crippen LogP contribution is 2.15. The van der Waals surface area contributed by atoms with E-state index in [0.29, 0.717) is 6.04 Å². The van der Waals surface area contributed by atoms with Gasteiger partial charge in [-0.25, -0.2) is 4.98 Å². The molecule has 0 spiro atoms. The van der Waals surface area contributed by atoms with Crippen molar-refractivity contribution in [3.63, 3.8) is 0 Å². The van der Waals surface area contributed by atoms with Crippen LogP contribution in [0.3, 0.4) is 0 Å². The van der Waals surface area contributed by atoms with Crippen LogP contribution in [0.2, 0.25) is 0 Å². The number of nitrogens with zero attached hydrogens (tertiary/aromatic N) is 1. The van der Waals surface area contributed by atoms with Crippen LogP contribution in [0.4, 0.5) is 0 Å². The van der Waals surface area contributed by atoms with Gasteiger partial charge in [0.25, 0.3) is 0 Å². The van der Waals surface area contributed by atoms with Crippen LogP contribution >= 0.6 is 23.1 Å². The van der Waals surface area contributed by atoms with E-state index in [0.717, 1.165) is 24.6 Å². The summed E-state index contributed by atoms with van der Waals surface area (Å²) in [5.41, 5.74) is 6.61. The molecule has 0 radical (unpaired) electrons. The van der Waals surface area contributed by atoms with Crippen LogP contribution in [-0.2, 0) is 12.3 Å². The van der Waals surface area contributed by atoms with E-state index in [1.54, 1.807) is 11.3 Å². The smallest absolute Gasteiger partial charge is 0.107 e. The Balaban J connectivity index is 2.29. The highest BCUT2D eigenvalue weighted by Gasteiger charge is 2.02. The fourth-order valence-corrected chi connectivity index (χ4v) is 2.57. The molecule has 0 aliphatic rings. The van der Waals surface area contributed by atoms with Crippen molar-refractivity contribution in [2.24, 2.45) is 5.73 Å². The van der Waals surface area contributed by atoms with Gasteiger partial charge in [0.15, 0.2) is 0 Å². The first-order valence-corrected chi connectivity index (χ1v) is 7.20. The molecule has 0 aliphatic heterocycles. The number of thiazole rings is 1. The summed E-state index contributed by atoms with van der Waals surface area (Å²) in [5, 5.41) is 6.68. The second kappa shape index (κ2) is 7.22. The average molecular weight is 245 g/mol. The molecule has 0 atom stereocenters. The Kier molecular flexibility index (Phi) is 6.24. The third-order valence-corrected chi connectivity index (χ3v) is 3.69. The van der Waals surface area contributed by atoms with Crippen molar-refractivity contribution in [2.75, 3.05) is 12.3 Å². The molecule has 1 heterocycles. The Morgan fingerprint density at radius 1 is 1.60 bits per heavy atom. The summed E-state index contributed by atoms with van der Waals surface area (Å²) in [7, 11) is 0. The monoisotopic (exact) mass is 245 g/mol. The number of hydrogen-bond acceptors (Lipinski definition) is 5. The van der Waals surface area contributed by atoms with E-state index in [1.807, 2.05) is 11.8 Å². The number of thioether (sulfide) groups is 1. The molecule has 3 N–H and O–H groups in total. The van der Waals surface area contributed by atoms with Crippen molar-refractivity contribution < 1.29 is 0 Å². The minimum atomic E-state index is 0.518. The van der Waals surface area contributed by atoms with Crippen LogP contribution in [0.25, 0.3) is 0 Å². The highest BCUT2D eigenvalue weighted by atomic mass is 32.2. The maximum absolute atomic E-state index is 5.43. The van der Waals surface area contributed by atoms with E-state index in [4.69, 9.17) is 5.73 Å². The number of nitrogens with two attached hydrogens (primary N) is 1. The zero-order valence-electron chi connectivity index (χ0n) is 9.32. The minimum absolute atomic E-state index is 0.518. The van der Waals surface area contributed by atoms with Gasteiger partial charge >= 0.3 is 0 Å². The summed E-state index contributed by atoms with van der Waals surface area (Å²) in [6.07, 6.45) is 0. The van der Waals surface area contributed by atoms with Crippen LogP contribution in [0.1, 0.15) is 24.5 Å². The zero-order valence-corrected chi connectivity index (χ0v) is 11.0. The zero-order chi connectivity index (χ0) is 11.1. The van der Waals surface area contributed by atoms with Gasteiger partial charge in [0.1, 0.15) is 5.01 Å². The van der Waals surface area contributed by atoms with E-state index in [1.165, 1.54) is 10.7 Å². The maximum atomic E-state index is 5.43. The minimum Gasteiger partial charge on any atom is -0.330 e. The van der Waals surface area contributed by atoms with Crippen LogP contribution < -0.4 is 11.1 Å². The molecule has 0 aliphatic carbocycles. The maximum Gasteiger partial charge on any atom is 0.107 e. The topological polar surface area (TPSA) is 50.9 Å². The predicted molar refractivity (Wildman–Crippen MR) is 69.3 cm³/mol. The van der Waals surface area contributed by atoms with Crippen LogP contribution in [-0.4, -0.2) is 23.3 Å². The fourth-order valence-electron chi connectivity index (χ4n) is 1.05. The van der Waals surface area contributed by atoms with E-state index in [2.05, 4.69) is 29.5 Å². The van der Waals surface area contributed by atoms with Gasteiger partial charge in [-0.2, -0.15) is 11.8 Å². The summed E-state index contributed by atoms with van der Waals surface area (Å²) in [5.74, 6) is 1.99. The van der Waals surface area contributed by atoms with Crippen molar-refractivity contribution in [3.8, 4) is 0 Å². The first-order valence-electron chi connectivity index (χ1n) is 5.17. The molecule has 0 amide bonds. The molecule has 3 nitrogen and oxygen atoms in total. The van der Waals surface area contributed by atoms with Gasteiger partial charge in [-0.1, -0.05) is 13.8 Å². The molecule has 0 bridgehead atoms. The quantitative estimate of drug-likeness (QED) is 0.720. The van der Waals surface area contributed by atoms with Crippen molar-refractivity contribution in [1.82, 2.24) is 10.3 Å². The van der Waals surface area contributed by atoms with E-state index in [9.17, 15) is 0 Å². The molecule has 0 saturated heterocycles. The molecule has 86 valence electrons. The molecule has 0 fully saturated rings. The molecule has 1 aromatic heterocycles. The Labute approximate surface area is 99.9 Å². The van der Waals surface area contributed by atoms with Crippen molar-refractivity contribution >= 4 is 23.1 Å². The first-order chi connectivity index (χ1) is 7.22. The van der Waals surface area contributed by atoms with Gasteiger partial charge in [-0.3, -0.25) is 0 Å². The predicted octanol–water partition coefficient (Wildman–Crippen LogP) is 1.83. The molecule has 0 unspecified atom stereocenters. The molecule has 0 aromatic carbocycles. The van der Waals surface area contributed by atoms with Gasteiger partial charge in [0.05, 0.1) is 5.69 Å². The van der Waals surface area contributed by atoms with Gasteiger partial charge in [-0.05, 0) is 0 Å². The molecular formula is C10H19N3S2. The average Bonchev–Trinajstić information content (AvgIpc) is 2.63. The summed E-state index contributed by atoms with van der Waals surface area (Å²) >= 11 is 3.57. The molecular weight excluding hydrogens is 226 g/mol. The third-order valence-electron chi connectivity index (χ3n) is 1.77. The lowest BCUT2D eigenvalue weighted by molar-refractivity contribution is 0.587. The van der Waals surface area contributed by atoms with E-state index in [-0.39, 0.29) is 0 Å². The van der Waals surface area contributed by atoms with Crippen molar-refractivity contribution in [1.29, 1.82) is 0 Å². The number of hydrogen-bond donors (Lipinski definition) is 2. The molecule has 5 heteroatoms. The van der Waals surface area contributed by atoms with Crippen LogP contribution in [0.5, 0.6) is 0 Å². The lowest BCUT2D eigenvalue weighted by atomic mass is 10.4.